The second-order valence-electron chi connectivity index (χ2n) is 6.18. The number of nitrogens with one attached hydrogen (secondary N) is 1. The summed E-state index contributed by atoms with van der Waals surface area (Å²) in [4.78, 5) is 21.1. The van der Waals surface area contributed by atoms with E-state index in [2.05, 4.69) is 15.3 Å². The summed E-state index contributed by atoms with van der Waals surface area (Å²) in [5, 5.41) is 14.5. The van der Waals surface area contributed by atoms with E-state index in [9.17, 15) is 10.1 Å². The third kappa shape index (κ3) is 3.79. The molecule has 0 aliphatic rings. The van der Waals surface area contributed by atoms with Gasteiger partial charge in [0.05, 0.1) is 4.92 Å². The monoisotopic (exact) mass is 364 g/mol. The molecule has 0 aliphatic carbocycles. The summed E-state index contributed by atoms with van der Waals surface area (Å²) in [6.07, 6.45) is 0. The maximum absolute atomic E-state index is 11.5. The number of para-hydroxylation sites is 1. The molecule has 27 heavy (non-hydrogen) atoms. The molecule has 0 saturated carbocycles. The molecule has 138 valence electrons. The molecule has 8 nitrogen and oxygen atoms in total. The summed E-state index contributed by atoms with van der Waals surface area (Å²) in [7, 11) is 1.77. The minimum atomic E-state index is -0.578. The van der Waals surface area contributed by atoms with Crippen LogP contribution in [0.1, 0.15) is 11.1 Å². The summed E-state index contributed by atoms with van der Waals surface area (Å²) in [5.41, 5.74) is 9.25. The molecular formula is C19H20N6O2. The van der Waals surface area contributed by atoms with Crippen LogP contribution in [0.3, 0.4) is 0 Å². The molecule has 1 heterocycles. The summed E-state index contributed by atoms with van der Waals surface area (Å²) < 4.78 is 0. The zero-order chi connectivity index (χ0) is 19.6. The molecule has 0 bridgehead atoms. The van der Waals surface area contributed by atoms with Crippen molar-refractivity contribution in [3.63, 3.8) is 0 Å². The van der Waals surface area contributed by atoms with E-state index in [0.717, 1.165) is 16.8 Å². The van der Waals surface area contributed by atoms with Crippen molar-refractivity contribution in [1.82, 2.24) is 9.97 Å². The van der Waals surface area contributed by atoms with Crippen LogP contribution in [0.5, 0.6) is 0 Å². The van der Waals surface area contributed by atoms with Crippen LogP contribution in [0.4, 0.5) is 34.6 Å². The van der Waals surface area contributed by atoms with Gasteiger partial charge < -0.3 is 16.0 Å². The highest BCUT2D eigenvalue weighted by Crippen LogP contribution is 2.33. The predicted molar refractivity (Wildman–Crippen MR) is 107 cm³/mol. The van der Waals surface area contributed by atoms with Gasteiger partial charge in [-0.2, -0.15) is 9.97 Å². The smallest absolute Gasteiger partial charge is 0.353 e. The van der Waals surface area contributed by atoms with E-state index >= 15 is 0 Å². The van der Waals surface area contributed by atoms with E-state index in [1.165, 1.54) is 0 Å². The number of nitrogens with zero attached hydrogens (tertiary/aromatic N) is 4. The number of nitro groups is 1. The number of aromatic nitrogens is 2. The molecule has 3 aromatic rings. The largest absolute Gasteiger partial charge is 0.378 e. The van der Waals surface area contributed by atoms with Crippen molar-refractivity contribution in [2.75, 3.05) is 23.0 Å². The number of anilines is 5. The molecule has 0 amide bonds. The zero-order valence-electron chi connectivity index (χ0n) is 15.3. The van der Waals surface area contributed by atoms with Crippen molar-refractivity contribution in [1.29, 1.82) is 0 Å². The van der Waals surface area contributed by atoms with Crippen molar-refractivity contribution in [3.05, 3.63) is 69.8 Å². The Kier molecular flexibility index (Phi) is 4.89. The van der Waals surface area contributed by atoms with Gasteiger partial charge in [-0.3, -0.25) is 10.1 Å². The van der Waals surface area contributed by atoms with Crippen LogP contribution >= 0.6 is 0 Å². The third-order valence-corrected chi connectivity index (χ3v) is 4.29. The van der Waals surface area contributed by atoms with Gasteiger partial charge in [0.15, 0.2) is 0 Å². The highest BCUT2D eigenvalue weighted by molar-refractivity contribution is 5.75. The Hall–Kier alpha value is -3.68. The lowest BCUT2D eigenvalue weighted by Crippen LogP contribution is -2.16. The highest BCUT2D eigenvalue weighted by atomic mass is 16.6. The summed E-state index contributed by atoms with van der Waals surface area (Å²) in [6.45, 7) is 3.97. The van der Waals surface area contributed by atoms with Gasteiger partial charge in [-0.1, -0.05) is 24.3 Å². The number of hydrogen-bond acceptors (Lipinski definition) is 7. The van der Waals surface area contributed by atoms with E-state index in [-0.39, 0.29) is 23.3 Å². The standard InChI is InChI=1S/C19H20N6O2/c1-12-9-10-14(11-13(12)2)21-18-16(25(26)27)17(20)22-19(23-18)24(3)15-7-5-4-6-8-15/h4-11H,1-3H3,(H3,20,21,22,23). The normalized spacial score (nSPS) is 10.5. The number of nitrogens with two attached hydrogens (primary N) is 1. The van der Waals surface area contributed by atoms with E-state index < -0.39 is 4.92 Å². The Morgan fingerprint density at radius 1 is 1.07 bits per heavy atom. The van der Waals surface area contributed by atoms with Crippen LogP contribution in [-0.4, -0.2) is 21.9 Å². The molecule has 1 aromatic heterocycles. The number of rotatable bonds is 5. The first-order chi connectivity index (χ1) is 12.9. The van der Waals surface area contributed by atoms with Gasteiger partial charge >= 0.3 is 5.69 Å². The molecule has 0 unspecified atom stereocenters. The van der Waals surface area contributed by atoms with Gasteiger partial charge in [-0.25, -0.2) is 0 Å². The maximum atomic E-state index is 11.5. The van der Waals surface area contributed by atoms with Crippen LogP contribution in [0.2, 0.25) is 0 Å². The Balaban J connectivity index is 2.06. The van der Waals surface area contributed by atoms with Crippen molar-refractivity contribution in [2.24, 2.45) is 0 Å². The maximum Gasteiger partial charge on any atom is 0.353 e. The molecule has 0 aliphatic heterocycles. The number of benzene rings is 2. The Bertz CT molecular complexity index is 991. The average Bonchev–Trinajstić information content (AvgIpc) is 2.64. The second kappa shape index (κ2) is 7.28. The van der Waals surface area contributed by atoms with E-state index in [1.54, 1.807) is 11.9 Å². The Labute approximate surface area is 156 Å². The molecule has 3 rings (SSSR count). The first-order valence-electron chi connectivity index (χ1n) is 8.32. The fourth-order valence-corrected chi connectivity index (χ4v) is 2.60. The van der Waals surface area contributed by atoms with Crippen LogP contribution in [-0.2, 0) is 0 Å². The first kappa shape index (κ1) is 18.1. The van der Waals surface area contributed by atoms with E-state index in [0.29, 0.717) is 5.69 Å². The minimum absolute atomic E-state index is 0.0496. The van der Waals surface area contributed by atoms with Crippen molar-refractivity contribution in [2.45, 2.75) is 13.8 Å². The lowest BCUT2D eigenvalue weighted by atomic mass is 10.1. The molecule has 0 atom stereocenters. The van der Waals surface area contributed by atoms with E-state index in [1.807, 2.05) is 62.4 Å². The molecule has 8 heteroatoms. The number of nitrogen functional groups attached to an aromatic ring is 1. The third-order valence-electron chi connectivity index (χ3n) is 4.29. The van der Waals surface area contributed by atoms with Crippen LogP contribution in [0.25, 0.3) is 0 Å². The number of aryl methyl sites for hydroxylation is 2. The first-order valence-corrected chi connectivity index (χ1v) is 8.32. The van der Waals surface area contributed by atoms with Crippen molar-refractivity contribution >= 4 is 34.6 Å². The molecule has 0 radical (unpaired) electrons. The molecule has 3 N–H and O–H groups in total. The van der Waals surface area contributed by atoms with E-state index in [4.69, 9.17) is 5.73 Å². The summed E-state index contributed by atoms with van der Waals surface area (Å²) in [6, 6.07) is 15.1. The molecule has 0 fully saturated rings. The fraction of sp³-hybridized carbons (Fsp3) is 0.158. The van der Waals surface area contributed by atoms with Gasteiger partial charge in [0.25, 0.3) is 0 Å². The predicted octanol–water partition coefficient (Wildman–Crippen LogP) is 4.10. The zero-order valence-corrected chi connectivity index (χ0v) is 15.3. The molecule has 2 aromatic carbocycles. The lowest BCUT2D eigenvalue weighted by molar-refractivity contribution is -0.383. The van der Waals surface area contributed by atoms with Gasteiger partial charge in [-0.15, -0.1) is 0 Å². The second-order valence-corrected chi connectivity index (χ2v) is 6.18. The number of hydrogen-bond donors (Lipinski definition) is 2. The van der Waals surface area contributed by atoms with Crippen molar-refractivity contribution in [3.8, 4) is 0 Å². The molecule has 0 spiro atoms. The summed E-state index contributed by atoms with van der Waals surface area (Å²) in [5.74, 6) is 0.114. The van der Waals surface area contributed by atoms with Gasteiger partial charge in [0.1, 0.15) is 0 Å². The molecule has 0 saturated heterocycles. The van der Waals surface area contributed by atoms with Crippen LogP contribution in [0, 0.1) is 24.0 Å². The van der Waals surface area contributed by atoms with Gasteiger partial charge in [0.2, 0.25) is 17.6 Å². The fourth-order valence-electron chi connectivity index (χ4n) is 2.60. The van der Waals surface area contributed by atoms with Crippen LogP contribution < -0.4 is 16.0 Å². The highest BCUT2D eigenvalue weighted by Gasteiger charge is 2.24. The average molecular weight is 364 g/mol. The van der Waals surface area contributed by atoms with Crippen molar-refractivity contribution < 1.29 is 4.92 Å². The molecular weight excluding hydrogens is 344 g/mol. The Morgan fingerprint density at radius 3 is 2.41 bits per heavy atom. The summed E-state index contributed by atoms with van der Waals surface area (Å²) >= 11 is 0. The minimum Gasteiger partial charge on any atom is -0.378 e. The Morgan fingerprint density at radius 2 is 1.78 bits per heavy atom. The van der Waals surface area contributed by atoms with Gasteiger partial charge in [0, 0.05) is 18.4 Å². The van der Waals surface area contributed by atoms with Crippen LogP contribution in [0.15, 0.2) is 48.5 Å². The van der Waals surface area contributed by atoms with Gasteiger partial charge in [-0.05, 0) is 49.2 Å². The quantitative estimate of drug-likeness (QED) is 0.518. The topological polar surface area (TPSA) is 110 Å². The lowest BCUT2D eigenvalue weighted by Gasteiger charge is -2.18. The SMILES string of the molecule is Cc1ccc(Nc2nc(N(C)c3ccccc3)nc(N)c2[N+](=O)[O-])cc1C.